The Bertz CT molecular complexity index is 4890. The summed E-state index contributed by atoms with van der Waals surface area (Å²) in [5.41, 5.74) is 13.7. The molecule has 0 N–H and O–H groups in total. The lowest BCUT2D eigenvalue weighted by molar-refractivity contribution is 1.76. The molecule has 0 amide bonds. The van der Waals surface area contributed by atoms with Crippen LogP contribution in [0.15, 0.2) is 243 Å². The topological polar surface area (TPSA) is 0 Å². The van der Waals surface area contributed by atoms with Crippen LogP contribution in [0.25, 0.3) is 141 Å². The summed E-state index contributed by atoms with van der Waals surface area (Å²) >= 11 is 0. The minimum Gasteiger partial charge on any atom is -0.0679 e. The molecule has 0 fully saturated rings. The Hall–Kier alpha value is -9.23. The van der Waals surface area contributed by atoms with Gasteiger partial charge in [0.15, 0.2) is 0 Å². The van der Waals surface area contributed by atoms with Crippen LogP contribution in [0, 0.1) is 0 Å². The van der Waals surface area contributed by atoms with Gasteiger partial charge in [0.2, 0.25) is 13.4 Å². The van der Waals surface area contributed by atoms with Crippen molar-refractivity contribution in [2.24, 2.45) is 0 Å². The van der Waals surface area contributed by atoms with E-state index in [2.05, 4.69) is 243 Å². The Kier molecular flexibility index (Phi) is 7.59. The predicted octanol–water partition coefficient (Wildman–Crippen LogP) is 14.8. The van der Waals surface area contributed by atoms with Crippen molar-refractivity contribution >= 4 is 165 Å². The van der Waals surface area contributed by atoms with Gasteiger partial charge in [-0.1, -0.05) is 203 Å². The molecule has 2 aliphatic heterocycles. The Labute approximate surface area is 427 Å². The molecule has 0 saturated carbocycles. The monoisotopic (exact) mass is 926 g/mol. The predicted molar refractivity (Wildman–Crippen MR) is 323 cm³/mol. The highest BCUT2D eigenvalue weighted by molar-refractivity contribution is 7.01. The molecule has 334 valence electrons. The summed E-state index contributed by atoms with van der Waals surface area (Å²) < 4.78 is 0. The van der Waals surface area contributed by atoms with Crippen LogP contribution in [0.2, 0.25) is 0 Å². The molecule has 0 radical (unpaired) electrons. The summed E-state index contributed by atoms with van der Waals surface area (Å²) in [6.07, 6.45) is 0. The van der Waals surface area contributed by atoms with Gasteiger partial charge in [0.1, 0.15) is 0 Å². The third kappa shape index (κ3) is 5.39. The first-order valence-electron chi connectivity index (χ1n) is 26.2. The number of hydrogen-bond acceptors (Lipinski definition) is 0. The van der Waals surface area contributed by atoms with Gasteiger partial charge in [-0.3, -0.25) is 0 Å². The molecule has 0 saturated heterocycles. The Balaban J connectivity index is 0.913. The summed E-state index contributed by atoms with van der Waals surface area (Å²) in [4.78, 5) is 0. The van der Waals surface area contributed by atoms with Gasteiger partial charge >= 0.3 is 0 Å². The smallest absolute Gasteiger partial charge is 0.0679 e. The van der Waals surface area contributed by atoms with Crippen LogP contribution >= 0.6 is 0 Å². The molecule has 0 nitrogen and oxygen atoms in total. The third-order valence-electron chi connectivity index (χ3n) is 17.6. The van der Waals surface area contributed by atoms with Crippen LogP contribution in [-0.4, -0.2) is 13.4 Å². The van der Waals surface area contributed by atoms with Gasteiger partial charge in [0.25, 0.3) is 0 Å². The zero-order valence-electron chi connectivity index (χ0n) is 40.2. The van der Waals surface area contributed by atoms with E-state index in [1.54, 1.807) is 0 Å². The van der Waals surface area contributed by atoms with E-state index in [4.69, 9.17) is 0 Å². The van der Waals surface area contributed by atoms with E-state index in [9.17, 15) is 0 Å². The van der Waals surface area contributed by atoms with Crippen molar-refractivity contribution < 1.29 is 0 Å². The van der Waals surface area contributed by atoms with Crippen LogP contribution in [-0.2, 0) is 0 Å². The van der Waals surface area contributed by atoms with Crippen LogP contribution in [0.4, 0.5) is 0 Å². The highest BCUT2D eigenvalue weighted by atomic mass is 14.3. The van der Waals surface area contributed by atoms with Crippen molar-refractivity contribution in [3.05, 3.63) is 243 Å². The van der Waals surface area contributed by atoms with E-state index in [1.165, 1.54) is 174 Å². The second kappa shape index (κ2) is 14.3. The third-order valence-corrected chi connectivity index (χ3v) is 17.6. The molecule has 0 aromatic heterocycles. The van der Waals surface area contributed by atoms with E-state index >= 15 is 0 Å². The fraction of sp³-hybridized carbons (Fsp3) is 0. The SMILES string of the molecule is c1ccc2cc3cc(B4c5cc6cc7ccccc7cc6cc5-c5cc6ccc7c8c(cc9ccc(c54)c6c97)-c4cc5cc6ccccc6cc5cc4B8c4ccc5cc6ccccc6cc5c4)ccc3cc2c1. The van der Waals surface area contributed by atoms with Gasteiger partial charge in [-0.25, -0.2) is 0 Å². The Morgan fingerprint density at radius 3 is 0.811 bits per heavy atom. The van der Waals surface area contributed by atoms with E-state index in [-0.39, 0.29) is 13.4 Å². The number of hydrogen-bond donors (Lipinski definition) is 0. The standard InChI is InChI=1S/C72H40B2/c1-3-11-43-27-53-33-59(21-17-49(53)25-41(43)9-1)73-67-39-57-31-47-15-7-5-13-45(47)29-55(57)37-63(67)65-35-51-20-24-62-70-52(19-23-61(69(51)70)71(65)73)36-66-64-38-56-30-46-14-6-8-16-48(46)32-58(56)40-68(64)74(72(62)66)60-22-18-50-26-42-10-2-4-12-44(42)28-54(50)34-60/h1-40H. The molecule has 2 heterocycles. The molecule has 18 rings (SSSR count). The number of fused-ring (bicyclic) bond motifs is 16. The summed E-state index contributed by atoms with van der Waals surface area (Å²) in [5, 5.41) is 28.5. The molecule has 0 bridgehead atoms. The maximum absolute atomic E-state index is 2.54. The van der Waals surface area contributed by atoms with Crippen LogP contribution in [0.3, 0.4) is 0 Å². The summed E-state index contributed by atoms with van der Waals surface area (Å²) in [5.74, 6) is 0. The fourth-order valence-corrected chi connectivity index (χ4v) is 14.3. The minimum absolute atomic E-state index is 0.0515. The molecule has 16 aromatic rings. The van der Waals surface area contributed by atoms with Crippen molar-refractivity contribution in [2.75, 3.05) is 0 Å². The van der Waals surface area contributed by atoms with Gasteiger partial charge in [-0.05, 0) is 214 Å². The first-order chi connectivity index (χ1) is 36.6. The average molecular weight is 927 g/mol. The molecule has 74 heavy (non-hydrogen) atoms. The lowest BCUT2D eigenvalue weighted by Crippen LogP contribution is -2.49. The maximum Gasteiger partial charge on any atom is 0.243 e. The zero-order chi connectivity index (χ0) is 47.9. The van der Waals surface area contributed by atoms with Crippen molar-refractivity contribution in [1.29, 1.82) is 0 Å². The average Bonchev–Trinajstić information content (AvgIpc) is 3.94. The lowest BCUT2D eigenvalue weighted by atomic mass is 9.38. The van der Waals surface area contributed by atoms with E-state index in [0.717, 1.165) is 0 Å². The quantitative estimate of drug-likeness (QED) is 0.0921. The van der Waals surface area contributed by atoms with Crippen molar-refractivity contribution in [3.8, 4) is 22.3 Å². The van der Waals surface area contributed by atoms with Gasteiger partial charge in [0, 0.05) is 0 Å². The van der Waals surface area contributed by atoms with E-state index in [1.807, 2.05) is 0 Å². The van der Waals surface area contributed by atoms with Crippen LogP contribution in [0.5, 0.6) is 0 Å². The van der Waals surface area contributed by atoms with Crippen molar-refractivity contribution in [3.63, 3.8) is 0 Å². The first-order valence-corrected chi connectivity index (χ1v) is 26.2. The normalized spacial score (nSPS) is 13.1. The second-order valence-electron chi connectivity index (χ2n) is 21.5. The fourth-order valence-electron chi connectivity index (χ4n) is 14.3. The highest BCUT2D eigenvalue weighted by Gasteiger charge is 2.39. The second-order valence-corrected chi connectivity index (χ2v) is 21.5. The van der Waals surface area contributed by atoms with Crippen molar-refractivity contribution in [1.82, 2.24) is 0 Å². The molecular weight excluding hydrogens is 886 g/mol. The van der Waals surface area contributed by atoms with Gasteiger partial charge in [0.05, 0.1) is 0 Å². The minimum atomic E-state index is 0.0515. The summed E-state index contributed by atoms with van der Waals surface area (Å²) in [6.45, 7) is 0.103. The molecule has 0 aliphatic carbocycles. The summed E-state index contributed by atoms with van der Waals surface area (Å²) in [7, 11) is 0. The lowest BCUT2D eigenvalue weighted by Gasteiger charge is -2.20. The largest absolute Gasteiger partial charge is 0.243 e. The molecule has 2 heteroatoms. The van der Waals surface area contributed by atoms with Gasteiger partial charge in [-0.15, -0.1) is 0 Å². The van der Waals surface area contributed by atoms with Crippen LogP contribution < -0.4 is 32.8 Å². The Morgan fingerprint density at radius 2 is 0.459 bits per heavy atom. The van der Waals surface area contributed by atoms with Crippen molar-refractivity contribution in [2.45, 2.75) is 0 Å². The number of rotatable bonds is 2. The zero-order valence-corrected chi connectivity index (χ0v) is 40.2. The first kappa shape index (κ1) is 39.4. The molecule has 0 unspecified atom stereocenters. The molecule has 0 spiro atoms. The maximum atomic E-state index is 2.54. The molecule has 2 aliphatic rings. The summed E-state index contributed by atoms with van der Waals surface area (Å²) in [6, 6.07) is 93.7. The van der Waals surface area contributed by atoms with E-state index < -0.39 is 0 Å². The van der Waals surface area contributed by atoms with E-state index in [0.29, 0.717) is 0 Å². The Morgan fingerprint density at radius 1 is 0.189 bits per heavy atom. The molecule has 16 aromatic carbocycles. The molecular formula is C72H40B2. The molecule has 0 atom stereocenters. The van der Waals surface area contributed by atoms with Gasteiger partial charge in [-0.2, -0.15) is 0 Å². The van der Waals surface area contributed by atoms with Gasteiger partial charge < -0.3 is 0 Å². The van der Waals surface area contributed by atoms with Crippen LogP contribution in [0.1, 0.15) is 0 Å². The number of benzene rings is 16. The highest BCUT2D eigenvalue weighted by Crippen LogP contribution is 2.43.